The van der Waals surface area contributed by atoms with Gasteiger partial charge in [0.25, 0.3) is 0 Å². The van der Waals surface area contributed by atoms with Crippen LogP contribution in [0.15, 0.2) is 34.7 Å². The number of fused-ring (bicyclic) bond motifs is 1. The highest BCUT2D eigenvalue weighted by Crippen LogP contribution is 2.25. The van der Waals surface area contributed by atoms with Crippen molar-refractivity contribution in [1.82, 2.24) is 20.2 Å². The maximum atomic E-state index is 5.63. The Morgan fingerprint density at radius 1 is 1.27 bits per heavy atom. The summed E-state index contributed by atoms with van der Waals surface area (Å²) in [6.07, 6.45) is 0. The van der Waals surface area contributed by atoms with Gasteiger partial charge in [-0.25, -0.2) is 4.68 Å². The van der Waals surface area contributed by atoms with E-state index >= 15 is 0 Å². The van der Waals surface area contributed by atoms with E-state index in [4.69, 9.17) is 4.42 Å². The number of hydrogen-bond donors (Lipinski definition) is 0. The molecule has 0 spiro atoms. The molecule has 0 unspecified atom stereocenters. The van der Waals surface area contributed by atoms with Gasteiger partial charge in [0, 0.05) is 12.4 Å². The van der Waals surface area contributed by atoms with E-state index in [1.165, 1.54) is 0 Å². The van der Waals surface area contributed by atoms with E-state index in [1.807, 2.05) is 30.3 Å². The third kappa shape index (κ3) is 1.20. The minimum Gasteiger partial charge on any atom is -0.453 e. The summed E-state index contributed by atoms with van der Waals surface area (Å²) in [5.41, 5.74) is 0.843. The number of furan rings is 1. The molecule has 1 aromatic carbocycles. The normalized spacial score (nSPS) is 11.0. The number of rotatable bonds is 1. The number of hydrogen-bond acceptors (Lipinski definition) is 4. The molecule has 0 saturated carbocycles. The summed E-state index contributed by atoms with van der Waals surface area (Å²) in [5.74, 6) is 1.31. The van der Waals surface area contributed by atoms with Crippen molar-refractivity contribution in [2.75, 3.05) is 0 Å². The molecule has 2 heterocycles. The predicted molar refractivity (Wildman–Crippen MR) is 54.0 cm³/mol. The monoisotopic (exact) mass is 200 g/mol. The number of benzene rings is 1. The zero-order valence-electron chi connectivity index (χ0n) is 8.08. The maximum absolute atomic E-state index is 5.63. The van der Waals surface area contributed by atoms with E-state index in [0.29, 0.717) is 11.6 Å². The molecule has 0 aliphatic rings. The summed E-state index contributed by atoms with van der Waals surface area (Å²) in [5, 5.41) is 12.3. The zero-order valence-corrected chi connectivity index (χ0v) is 8.08. The lowest BCUT2D eigenvalue weighted by atomic mass is 10.2. The summed E-state index contributed by atoms with van der Waals surface area (Å²) in [6.45, 7) is 0. The number of aromatic nitrogens is 4. The van der Waals surface area contributed by atoms with Crippen molar-refractivity contribution in [1.29, 1.82) is 0 Å². The summed E-state index contributed by atoms with van der Waals surface area (Å²) < 4.78 is 7.21. The second kappa shape index (κ2) is 2.91. The first kappa shape index (κ1) is 8.16. The highest BCUT2D eigenvalue weighted by Gasteiger charge is 2.11. The molecule has 15 heavy (non-hydrogen) atoms. The third-order valence-electron chi connectivity index (χ3n) is 2.27. The first-order valence-electron chi connectivity index (χ1n) is 4.56. The van der Waals surface area contributed by atoms with Gasteiger partial charge in [-0.05, 0) is 22.6 Å². The van der Waals surface area contributed by atoms with Crippen LogP contribution in [-0.2, 0) is 7.05 Å². The van der Waals surface area contributed by atoms with Gasteiger partial charge in [-0.1, -0.05) is 18.2 Å². The molecular weight excluding hydrogens is 192 g/mol. The molecule has 5 nitrogen and oxygen atoms in total. The standard InChI is InChI=1S/C10H8N4O/c1-14-10(11-12-13-14)9-6-7-4-2-3-5-8(7)15-9/h2-6H,1H3. The number of tetrazole rings is 1. The van der Waals surface area contributed by atoms with Gasteiger partial charge in [0.1, 0.15) is 5.58 Å². The van der Waals surface area contributed by atoms with Crippen molar-refractivity contribution >= 4 is 11.0 Å². The first-order valence-corrected chi connectivity index (χ1v) is 4.56. The molecule has 3 aromatic rings. The van der Waals surface area contributed by atoms with E-state index in [9.17, 15) is 0 Å². The fraction of sp³-hybridized carbons (Fsp3) is 0.100. The Morgan fingerprint density at radius 3 is 2.87 bits per heavy atom. The summed E-state index contributed by atoms with van der Waals surface area (Å²) in [6, 6.07) is 9.75. The van der Waals surface area contributed by atoms with Crippen molar-refractivity contribution in [2.45, 2.75) is 0 Å². The highest BCUT2D eigenvalue weighted by molar-refractivity contribution is 5.81. The van der Waals surface area contributed by atoms with Crippen LogP contribution in [0, 0.1) is 0 Å². The fourth-order valence-corrected chi connectivity index (χ4v) is 1.53. The summed E-state index contributed by atoms with van der Waals surface area (Å²) >= 11 is 0. The quantitative estimate of drug-likeness (QED) is 0.599. The molecule has 5 heteroatoms. The predicted octanol–water partition coefficient (Wildman–Crippen LogP) is 1.62. The molecule has 0 amide bonds. The Bertz CT molecular complexity index is 577. The van der Waals surface area contributed by atoms with E-state index in [0.717, 1.165) is 11.0 Å². The molecule has 0 aliphatic heterocycles. The third-order valence-corrected chi connectivity index (χ3v) is 2.27. The van der Waals surface area contributed by atoms with Crippen LogP contribution in [-0.4, -0.2) is 20.2 Å². The van der Waals surface area contributed by atoms with Crippen LogP contribution in [0.2, 0.25) is 0 Å². The Morgan fingerprint density at radius 2 is 2.13 bits per heavy atom. The number of aryl methyl sites for hydroxylation is 1. The zero-order chi connectivity index (χ0) is 10.3. The lowest BCUT2D eigenvalue weighted by Crippen LogP contribution is -1.92. The van der Waals surface area contributed by atoms with Crippen LogP contribution in [0.5, 0.6) is 0 Å². The van der Waals surface area contributed by atoms with E-state index < -0.39 is 0 Å². The van der Waals surface area contributed by atoms with Gasteiger partial charge in [0.15, 0.2) is 5.76 Å². The lowest BCUT2D eigenvalue weighted by molar-refractivity contribution is 0.614. The average Bonchev–Trinajstić information content (AvgIpc) is 2.82. The lowest BCUT2D eigenvalue weighted by Gasteiger charge is -1.90. The maximum Gasteiger partial charge on any atom is 0.217 e. The van der Waals surface area contributed by atoms with Crippen molar-refractivity contribution in [3.63, 3.8) is 0 Å². The topological polar surface area (TPSA) is 56.7 Å². The Balaban J connectivity index is 2.24. The Kier molecular flexibility index (Phi) is 1.58. The smallest absolute Gasteiger partial charge is 0.217 e. The molecule has 0 fully saturated rings. The highest BCUT2D eigenvalue weighted by atomic mass is 16.3. The van der Waals surface area contributed by atoms with Gasteiger partial charge in [-0.3, -0.25) is 0 Å². The Labute approximate surface area is 85.3 Å². The van der Waals surface area contributed by atoms with Crippen LogP contribution in [0.4, 0.5) is 0 Å². The van der Waals surface area contributed by atoms with Gasteiger partial charge < -0.3 is 4.42 Å². The van der Waals surface area contributed by atoms with Gasteiger partial charge >= 0.3 is 0 Å². The van der Waals surface area contributed by atoms with Crippen LogP contribution in [0.1, 0.15) is 0 Å². The molecule has 0 radical (unpaired) electrons. The van der Waals surface area contributed by atoms with Crippen LogP contribution >= 0.6 is 0 Å². The number of nitrogens with zero attached hydrogens (tertiary/aromatic N) is 4. The molecule has 74 valence electrons. The second-order valence-electron chi connectivity index (χ2n) is 3.27. The minimum absolute atomic E-state index is 0.631. The molecule has 2 aromatic heterocycles. The SMILES string of the molecule is Cn1nnnc1-c1cc2ccccc2o1. The van der Waals surface area contributed by atoms with Crippen molar-refractivity contribution in [3.8, 4) is 11.6 Å². The Hall–Kier alpha value is -2.17. The van der Waals surface area contributed by atoms with E-state index in [1.54, 1.807) is 11.7 Å². The van der Waals surface area contributed by atoms with Gasteiger partial charge in [-0.15, -0.1) is 5.10 Å². The van der Waals surface area contributed by atoms with E-state index in [-0.39, 0.29) is 0 Å². The average molecular weight is 200 g/mol. The van der Waals surface area contributed by atoms with Gasteiger partial charge in [0.05, 0.1) is 0 Å². The van der Waals surface area contributed by atoms with Crippen molar-refractivity contribution in [3.05, 3.63) is 30.3 Å². The first-order chi connectivity index (χ1) is 7.34. The van der Waals surface area contributed by atoms with Gasteiger partial charge in [-0.2, -0.15) is 0 Å². The minimum atomic E-state index is 0.631. The molecule has 0 aliphatic carbocycles. The van der Waals surface area contributed by atoms with Crippen molar-refractivity contribution in [2.24, 2.45) is 7.05 Å². The van der Waals surface area contributed by atoms with Gasteiger partial charge in [0.2, 0.25) is 5.82 Å². The molecule has 0 atom stereocenters. The van der Waals surface area contributed by atoms with E-state index in [2.05, 4.69) is 15.5 Å². The largest absolute Gasteiger partial charge is 0.453 e. The van der Waals surface area contributed by atoms with Crippen LogP contribution < -0.4 is 0 Å². The molecule has 0 N–H and O–H groups in total. The summed E-state index contributed by atoms with van der Waals surface area (Å²) in [7, 11) is 1.78. The number of para-hydroxylation sites is 1. The molecule has 0 bridgehead atoms. The molecular formula is C10H8N4O. The van der Waals surface area contributed by atoms with Crippen molar-refractivity contribution < 1.29 is 4.42 Å². The second-order valence-corrected chi connectivity index (χ2v) is 3.27. The van der Waals surface area contributed by atoms with Crippen LogP contribution in [0.25, 0.3) is 22.6 Å². The van der Waals surface area contributed by atoms with Crippen LogP contribution in [0.3, 0.4) is 0 Å². The molecule has 3 rings (SSSR count). The fourth-order valence-electron chi connectivity index (χ4n) is 1.53. The molecule has 0 saturated heterocycles. The summed E-state index contributed by atoms with van der Waals surface area (Å²) in [4.78, 5) is 0.